The third kappa shape index (κ3) is 3.26. The topological polar surface area (TPSA) is 37.3 Å². The lowest BCUT2D eigenvalue weighted by molar-refractivity contribution is -0.127. The van der Waals surface area contributed by atoms with E-state index >= 15 is 0 Å². The number of carbonyl (C=O) groups is 1. The van der Waals surface area contributed by atoms with Crippen molar-refractivity contribution in [1.29, 1.82) is 0 Å². The quantitative estimate of drug-likeness (QED) is 0.377. The second kappa shape index (κ2) is 8.05. The Morgan fingerprint density at radius 3 is 2.57 bits per heavy atom. The monoisotopic (exact) mass is 414 g/mol. The highest BCUT2D eigenvalue weighted by molar-refractivity contribution is 5.69. The molecule has 0 amide bonds. The van der Waals surface area contributed by atoms with Gasteiger partial charge in [0.1, 0.15) is 6.29 Å². The number of rotatable bonds is 6. The van der Waals surface area contributed by atoms with Crippen molar-refractivity contribution < 1.29 is 9.90 Å². The summed E-state index contributed by atoms with van der Waals surface area (Å²) in [5.41, 5.74) is 1.71. The summed E-state index contributed by atoms with van der Waals surface area (Å²) in [4.78, 5) is 12.9. The second-order valence-corrected chi connectivity index (χ2v) is 12.6. The second-order valence-electron chi connectivity index (χ2n) is 12.6. The van der Waals surface area contributed by atoms with E-state index in [0.29, 0.717) is 23.7 Å². The maximum atomic E-state index is 12.9. The van der Waals surface area contributed by atoms with Crippen LogP contribution >= 0.6 is 0 Å². The average Bonchev–Trinajstić information content (AvgIpc) is 3.01. The predicted molar refractivity (Wildman–Crippen MR) is 124 cm³/mol. The largest absolute Gasteiger partial charge is 0.393 e. The Balaban J connectivity index is 1.61. The van der Waals surface area contributed by atoms with E-state index in [1.54, 1.807) is 0 Å². The van der Waals surface area contributed by atoms with Crippen molar-refractivity contribution in [2.45, 2.75) is 111 Å². The van der Waals surface area contributed by atoms with E-state index in [2.05, 4.69) is 40.7 Å². The molecule has 170 valence electrons. The van der Waals surface area contributed by atoms with Crippen molar-refractivity contribution in [2.24, 2.45) is 45.8 Å². The number of hydrogen-bond donors (Lipinski definition) is 1. The van der Waals surface area contributed by atoms with Gasteiger partial charge in [-0.25, -0.2) is 0 Å². The van der Waals surface area contributed by atoms with Gasteiger partial charge in [0.25, 0.3) is 0 Å². The van der Waals surface area contributed by atoms with Crippen LogP contribution in [0.15, 0.2) is 11.6 Å². The molecule has 1 N–H and O–H groups in total. The van der Waals surface area contributed by atoms with Gasteiger partial charge in [0, 0.05) is 0 Å². The van der Waals surface area contributed by atoms with Gasteiger partial charge in [-0.2, -0.15) is 0 Å². The van der Waals surface area contributed by atoms with Crippen LogP contribution in [0.2, 0.25) is 0 Å². The summed E-state index contributed by atoms with van der Waals surface area (Å²) in [5.74, 6) is 3.32. The van der Waals surface area contributed by atoms with Crippen molar-refractivity contribution in [3.63, 3.8) is 0 Å². The van der Waals surface area contributed by atoms with Gasteiger partial charge >= 0.3 is 0 Å². The van der Waals surface area contributed by atoms with Gasteiger partial charge < -0.3 is 9.90 Å². The lowest BCUT2D eigenvalue weighted by Crippen LogP contribution is -2.55. The number of aldehydes is 1. The SMILES string of the molecule is CC(C)CCC[C@@H](C)[C@H]1CC[C@@]2(C=O)C3=CCC4CC(O)CC[C@]4(C)[C@H]3CC[C@]12C. The van der Waals surface area contributed by atoms with Gasteiger partial charge in [0.2, 0.25) is 0 Å². The standard InChI is InChI=1S/C28H46O2/c1-19(2)7-6-8-20(3)23-13-16-28(18-29)25-10-9-21-17-22(30)11-14-26(21,4)24(25)12-15-27(23,28)5/h10,18-24,30H,6-9,11-17H2,1-5H3/t20-,21?,22?,23-,24+,26+,27-,28-/m1/s1. The molecule has 4 aliphatic rings. The number of aliphatic hydroxyl groups excluding tert-OH is 1. The Bertz CT molecular complexity index is 680. The smallest absolute Gasteiger partial charge is 0.130 e. The maximum Gasteiger partial charge on any atom is 0.130 e. The Labute approximate surface area is 185 Å². The molecule has 0 heterocycles. The van der Waals surface area contributed by atoms with Crippen LogP contribution in [0.5, 0.6) is 0 Å². The first kappa shape index (κ1) is 22.6. The summed E-state index contributed by atoms with van der Waals surface area (Å²) in [7, 11) is 0. The number of allylic oxidation sites excluding steroid dienone is 2. The molecule has 4 rings (SSSR count). The molecule has 0 aromatic carbocycles. The summed E-state index contributed by atoms with van der Waals surface area (Å²) in [6.45, 7) is 12.1. The van der Waals surface area contributed by atoms with E-state index in [4.69, 9.17) is 0 Å². The Hall–Kier alpha value is -0.630. The first-order valence-electron chi connectivity index (χ1n) is 13.0. The average molecular weight is 415 g/mol. The van der Waals surface area contributed by atoms with Gasteiger partial charge in [-0.15, -0.1) is 0 Å². The minimum atomic E-state index is -0.225. The minimum Gasteiger partial charge on any atom is -0.393 e. The van der Waals surface area contributed by atoms with E-state index in [9.17, 15) is 9.90 Å². The zero-order valence-corrected chi connectivity index (χ0v) is 20.3. The summed E-state index contributed by atoms with van der Waals surface area (Å²) >= 11 is 0. The van der Waals surface area contributed by atoms with Crippen molar-refractivity contribution >= 4 is 6.29 Å². The van der Waals surface area contributed by atoms with E-state index in [0.717, 1.165) is 38.0 Å². The molecule has 0 aromatic rings. The fourth-order valence-electron chi connectivity index (χ4n) is 8.83. The molecule has 2 heteroatoms. The lowest BCUT2D eigenvalue weighted by atomic mass is 9.43. The summed E-state index contributed by atoms with van der Waals surface area (Å²) in [5, 5.41) is 10.3. The Morgan fingerprint density at radius 2 is 1.87 bits per heavy atom. The molecule has 30 heavy (non-hydrogen) atoms. The van der Waals surface area contributed by atoms with Crippen LogP contribution in [-0.4, -0.2) is 17.5 Å². The number of hydrogen-bond acceptors (Lipinski definition) is 2. The normalized spacial score (nSPS) is 46.6. The maximum absolute atomic E-state index is 12.9. The molecule has 3 saturated carbocycles. The molecule has 0 bridgehead atoms. The first-order chi connectivity index (χ1) is 14.2. The zero-order chi connectivity index (χ0) is 21.7. The third-order valence-corrected chi connectivity index (χ3v) is 10.8. The van der Waals surface area contributed by atoms with Crippen LogP contribution in [0.25, 0.3) is 0 Å². The highest BCUT2D eigenvalue weighted by atomic mass is 16.3. The molecule has 0 radical (unpaired) electrons. The summed E-state index contributed by atoms with van der Waals surface area (Å²) in [6, 6.07) is 0. The van der Waals surface area contributed by atoms with Crippen LogP contribution in [-0.2, 0) is 4.79 Å². The van der Waals surface area contributed by atoms with Crippen LogP contribution in [0.1, 0.15) is 105 Å². The Kier molecular flexibility index (Phi) is 6.06. The molecule has 0 aromatic heterocycles. The van der Waals surface area contributed by atoms with Crippen molar-refractivity contribution in [3.8, 4) is 0 Å². The summed E-state index contributed by atoms with van der Waals surface area (Å²) in [6.07, 6.45) is 16.6. The molecule has 0 aliphatic heterocycles. The molecule has 2 unspecified atom stereocenters. The number of aliphatic hydroxyl groups is 1. The fourth-order valence-corrected chi connectivity index (χ4v) is 8.83. The highest BCUT2D eigenvalue weighted by Crippen LogP contribution is 2.71. The zero-order valence-electron chi connectivity index (χ0n) is 20.3. The van der Waals surface area contributed by atoms with E-state index < -0.39 is 0 Å². The fraction of sp³-hybridized carbons (Fsp3) is 0.893. The van der Waals surface area contributed by atoms with E-state index in [1.165, 1.54) is 50.4 Å². The van der Waals surface area contributed by atoms with Gasteiger partial charge in [0.05, 0.1) is 11.5 Å². The van der Waals surface area contributed by atoms with Crippen LogP contribution in [0, 0.1) is 45.8 Å². The number of fused-ring (bicyclic) bond motifs is 5. The van der Waals surface area contributed by atoms with Gasteiger partial charge in [-0.3, -0.25) is 0 Å². The van der Waals surface area contributed by atoms with Gasteiger partial charge in [-0.05, 0) is 91.8 Å². The molecule has 0 spiro atoms. The first-order valence-corrected chi connectivity index (χ1v) is 13.0. The van der Waals surface area contributed by atoms with Crippen molar-refractivity contribution in [2.75, 3.05) is 0 Å². The molecular weight excluding hydrogens is 368 g/mol. The highest BCUT2D eigenvalue weighted by Gasteiger charge is 2.65. The van der Waals surface area contributed by atoms with Crippen LogP contribution in [0.4, 0.5) is 0 Å². The third-order valence-electron chi connectivity index (χ3n) is 10.8. The molecule has 0 saturated heterocycles. The molecular formula is C28H46O2. The van der Waals surface area contributed by atoms with Crippen molar-refractivity contribution in [3.05, 3.63) is 11.6 Å². The molecule has 4 aliphatic carbocycles. The Morgan fingerprint density at radius 1 is 1.10 bits per heavy atom. The predicted octanol–water partition coefficient (Wildman–Crippen LogP) is 6.96. The van der Waals surface area contributed by atoms with Crippen molar-refractivity contribution in [1.82, 2.24) is 0 Å². The molecule has 3 fully saturated rings. The van der Waals surface area contributed by atoms with Gasteiger partial charge in [0.15, 0.2) is 0 Å². The summed E-state index contributed by atoms with van der Waals surface area (Å²) < 4.78 is 0. The van der Waals surface area contributed by atoms with E-state index in [1.807, 2.05) is 0 Å². The van der Waals surface area contributed by atoms with E-state index in [-0.39, 0.29) is 22.3 Å². The molecule has 2 nitrogen and oxygen atoms in total. The minimum absolute atomic E-state index is 0.116. The van der Waals surface area contributed by atoms with Crippen LogP contribution < -0.4 is 0 Å². The van der Waals surface area contributed by atoms with Gasteiger partial charge in [-0.1, -0.05) is 65.5 Å². The number of carbonyl (C=O) groups excluding carboxylic acids is 1. The van der Waals surface area contributed by atoms with Crippen LogP contribution in [0.3, 0.4) is 0 Å². The lowest BCUT2D eigenvalue weighted by Gasteiger charge is -2.60. The molecule has 8 atom stereocenters.